The number of aliphatic hydroxyl groups excluding tert-OH is 1. The predicted molar refractivity (Wildman–Crippen MR) is 98.2 cm³/mol. The van der Waals surface area contributed by atoms with Crippen LogP contribution in [0.1, 0.15) is 18.2 Å². The summed E-state index contributed by atoms with van der Waals surface area (Å²) in [5.74, 6) is 0.780. The van der Waals surface area contributed by atoms with Crippen LogP contribution in [0.4, 0.5) is 4.39 Å². The highest BCUT2D eigenvalue weighted by atomic mass is 19.1. The van der Waals surface area contributed by atoms with Gasteiger partial charge in [-0.2, -0.15) is 5.10 Å². The lowest BCUT2D eigenvalue weighted by Gasteiger charge is -2.12. The van der Waals surface area contributed by atoms with Crippen LogP contribution in [-0.2, 0) is 6.54 Å². The van der Waals surface area contributed by atoms with Gasteiger partial charge < -0.3 is 15.2 Å². The van der Waals surface area contributed by atoms with Gasteiger partial charge in [-0.25, -0.2) is 9.07 Å². The van der Waals surface area contributed by atoms with E-state index in [1.165, 1.54) is 12.1 Å². The Morgan fingerprint density at radius 3 is 2.50 bits per heavy atom. The predicted octanol–water partition coefficient (Wildman–Crippen LogP) is 3.58. The highest BCUT2D eigenvalue weighted by molar-refractivity contribution is 5.43. The minimum atomic E-state index is -0.444. The van der Waals surface area contributed by atoms with Crippen molar-refractivity contribution in [2.45, 2.75) is 26.5 Å². The van der Waals surface area contributed by atoms with Crippen LogP contribution < -0.4 is 10.1 Å². The Morgan fingerprint density at radius 1 is 1.15 bits per heavy atom. The summed E-state index contributed by atoms with van der Waals surface area (Å²) >= 11 is 0. The number of halogens is 1. The third-order valence-corrected chi connectivity index (χ3v) is 3.91. The minimum Gasteiger partial charge on any atom is -0.439 e. The van der Waals surface area contributed by atoms with Crippen molar-refractivity contribution in [1.29, 1.82) is 0 Å². The molecule has 1 atom stereocenters. The molecule has 0 radical (unpaired) electrons. The van der Waals surface area contributed by atoms with Crippen molar-refractivity contribution in [2.24, 2.45) is 0 Å². The summed E-state index contributed by atoms with van der Waals surface area (Å²) in [5, 5.41) is 17.3. The minimum absolute atomic E-state index is 0.316. The maximum atomic E-state index is 13.2. The summed E-state index contributed by atoms with van der Waals surface area (Å²) < 4.78 is 21.0. The quantitative estimate of drug-likeness (QED) is 0.680. The summed E-state index contributed by atoms with van der Waals surface area (Å²) in [4.78, 5) is 0. The number of nitrogens with zero attached hydrogens (tertiary/aromatic N) is 2. The van der Waals surface area contributed by atoms with Crippen molar-refractivity contribution < 1.29 is 14.2 Å². The number of aliphatic hydroxyl groups is 1. The third-order valence-electron chi connectivity index (χ3n) is 3.91. The van der Waals surface area contributed by atoms with Crippen molar-refractivity contribution in [2.75, 3.05) is 6.54 Å². The van der Waals surface area contributed by atoms with Crippen LogP contribution in [-0.4, -0.2) is 27.5 Å². The van der Waals surface area contributed by atoms with E-state index >= 15 is 0 Å². The molecule has 0 aliphatic carbocycles. The van der Waals surface area contributed by atoms with Gasteiger partial charge in [-0.15, -0.1) is 0 Å². The fraction of sp³-hybridized carbons (Fsp3) is 0.250. The Bertz CT molecular complexity index is 845. The summed E-state index contributed by atoms with van der Waals surface area (Å²) in [6, 6.07) is 15.6. The molecule has 0 spiro atoms. The highest BCUT2D eigenvalue weighted by Crippen LogP contribution is 2.30. The van der Waals surface area contributed by atoms with Crippen LogP contribution in [0.3, 0.4) is 0 Å². The van der Waals surface area contributed by atoms with Crippen LogP contribution in [0.15, 0.2) is 54.6 Å². The van der Waals surface area contributed by atoms with Crippen LogP contribution in [0.25, 0.3) is 5.69 Å². The van der Waals surface area contributed by atoms with Crippen molar-refractivity contribution in [1.82, 2.24) is 15.1 Å². The Labute approximate surface area is 152 Å². The van der Waals surface area contributed by atoms with Gasteiger partial charge in [0.2, 0.25) is 5.88 Å². The molecule has 3 aromatic rings. The molecule has 1 unspecified atom stereocenters. The highest BCUT2D eigenvalue weighted by Gasteiger charge is 2.18. The van der Waals surface area contributed by atoms with Gasteiger partial charge in [0.15, 0.2) is 0 Å². The SMILES string of the molecule is Cc1nn(-c2ccccc2)c(Oc2ccc(F)cc2)c1CNCC(C)O. The zero-order valence-electron chi connectivity index (χ0n) is 14.8. The number of ether oxygens (including phenoxy) is 1. The number of para-hydroxylation sites is 1. The lowest BCUT2D eigenvalue weighted by Crippen LogP contribution is -2.24. The topological polar surface area (TPSA) is 59.3 Å². The van der Waals surface area contributed by atoms with Crippen LogP contribution >= 0.6 is 0 Å². The fourth-order valence-corrected chi connectivity index (χ4v) is 2.61. The van der Waals surface area contributed by atoms with Crippen LogP contribution in [0.5, 0.6) is 11.6 Å². The molecular formula is C20H22FN3O2. The molecule has 0 amide bonds. The van der Waals surface area contributed by atoms with Crippen molar-refractivity contribution >= 4 is 0 Å². The Kier molecular flexibility index (Phi) is 5.65. The van der Waals surface area contributed by atoms with Gasteiger partial charge in [0.1, 0.15) is 11.6 Å². The summed E-state index contributed by atoms with van der Waals surface area (Å²) in [6.07, 6.45) is -0.444. The molecule has 0 saturated carbocycles. The number of benzene rings is 2. The van der Waals surface area contributed by atoms with E-state index in [0.29, 0.717) is 24.7 Å². The van der Waals surface area contributed by atoms with Crippen molar-refractivity contribution in [3.8, 4) is 17.3 Å². The molecule has 0 bridgehead atoms. The van der Waals surface area contributed by atoms with Gasteiger partial charge in [0.05, 0.1) is 23.0 Å². The molecule has 6 heteroatoms. The smallest absolute Gasteiger partial charge is 0.227 e. The number of aryl methyl sites for hydroxylation is 1. The zero-order valence-corrected chi connectivity index (χ0v) is 14.8. The third kappa shape index (κ3) is 4.28. The molecule has 0 fully saturated rings. The maximum Gasteiger partial charge on any atom is 0.227 e. The number of aromatic nitrogens is 2. The van der Waals surface area contributed by atoms with Gasteiger partial charge in [0, 0.05) is 13.1 Å². The Morgan fingerprint density at radius 2 is 1.85 bits per heavy atom. The molecule has 136 valence electrons. The molecule has 1 heterocycles. The summed E-state index contributed by atoms with van der Waals surface area (Å²) in [5.41, 5.74) is 2.58. The molecule has 0 aliphatic heterocycles. The molecule has 3 rings (SSSR count). The van der Waals surface area contributed by atoms with Gasteiger partial charge >= 0.3 is 0 Å². The Balaban J connectivity index is 1.97. The summed E-state index contributed by atoms with van der Waals surface area (Å²) in [7, 11) is 0. The normalized spacial score (nSPS) is 12.2. The first kappa shape index (κ1) is 18.1. The van der Waals surface area contributed by atoms with Crippen LogP contribution in [0, 0.1) is 12.7 Å². The molecular weight excluding hydrogens is 333 g/mol. The van der Waals surface area contributed by atoms with E-state index in [0.717, 1.165) is 16.9 Å². The molecule has 0 aliphatic rings. The lowest BCUT2D eigenvalue weighted by molar-refractivity contribution is 0.191. The fourth-order valence-electron chi connectivity index (χ4n) is 2.61. The number of rotatable bonds is 7. The standard InChI is InChI=1S/C20H22FN3O2/c1-14(25)12-22-13-19-15(2)23-24(17-6-4-3-5-7-17)20(19)26-18-10-8-16(21)9-11-18/h3-11,14,22,25H,12-13H2,1-2H3. The molecule has 0 saturated heterocycles. The van der Waals surface area contributed by atoms with Gasteiger partial charge in [-0.1, -0.05) is 18.2 Å². The van der Waals surface area contributed by atoms with E-state index in [9.17, 15) is 9.50 Å². The molecule has 26 heavy (non-hydrogen) atoms. The average molecular weight is 355 g/mol. The summed E-state index contributed by atoms with van der Waals surface area (Å²) in [6.45, 7) is 4.60. The van der Waals surface area contributed by atoms with Crippen molar-refractivity contribution in [3.05, 3.63) is 71.7 Å². The van der Waals surface area contributed by atoms with E-state index in [-0.39, 0.29) is 5.82 Å². The van der Waals surface area contributed by atoms with E-state index in [4.69, 9.17) is 4.74 Å². The largest absolute Gasteiger partial charge is 0.439 e. The zero-order chi connectivity index (χ0) is 18.5. The first-order chi connectivity index (χ1) is 12.5. The van der Waals surface area contributed by atoms with Gasteiger partial charge in [-0.3, -0.25) is 0 Å². The Hall–Kier alpha value is -2.70. The second-order valence-corrected chi connectivity index (χ2v) is 6.15. The van der Waals surface area contributed by atoms with Gasteiger partial charge in [-0.05, 0) is 50.2 Å². The molecule has 5 nitrogen and oxygen atoms in total. The van der Waals surface area contributed by atoms with E-state index in [1.54, 1.807) is 23.7 Å². The van der Waals surface area contributed by atoms with Gasteiger partial charge in [0.25, 0.3) is 0 Å². The number of nitrogens with one attached hydrogen (secondary N) is 1. The lowest BCUT2D eigenvalue weighted by atomic mass is 10.2. The second kappa shape index (κ2) is 8.12. The first-order valence-corrected chi connectivity index (χ1v) is 8.50. The van der Waals surface area contributed by atoms with Crippen LogP contribution in [0.2, 0.25) is 0 Å². The molecule has 1 aromatic heterocycles. The first-order valence-electron chi connectivity index (χ1n) is 8.50. The van der Waals surface area contributed by atoms with E-state index in [1.807, 2.05) is 37.3 Å². The average Bonchev–Trinajstić information content (AvgIpc) is 2.93. The second-order valence-electron chi connectivity index (χ2n) is 6.15. The van der Waals surface area contributed by atoms with E-state index < -0.39 is 6.10 Å². The van der Waals surface area contributed by atoms with E-state index in [2.05, 4.69) is 10.4 Å². The molecule has 2 aromatic carbocycles. The van der Waals surface area contributed by atoms with Crippen molar-refractivity contribution in [3.63, 3.8) is 0 Å². The monoisotopic (exact) mass is 355 g/mol. The molecule has 2 N–H and O–H groups in total. The number of hydrogen-bond donors (Lipinski definition) is 2. The maximum absolute atomic E-state index is 13.2. The number of hydrogen-bond acceptors (Lipinski definition) is 4.